The normalized spacial score (nSPS) is 16.5. The second-order valence-corrected chi connectivity index (χ2v) is 9.20. The molecule has 180 valence electrons. The highest BCUT2D eigenvalue weighted by Gasteiger charge is 2.27. The van der Waals surface area contributed by atoms with Crippen molar-refractivity contribution >= 4 is 23.2 Å². The van der Waals surface area contributed by atoms with Crippen molar-refractivity contribution in [2.24, 2.45) is 10.7 Å². The van der Waals surface area contributed by atoms with Crippen LogP contribution in [0.1, 0.15) is 50.2 Å². The van der Waals surface area contributed by atoms with E-state index >= 15 is 0 Å². The number of nitrogens with two attached hydrogens (primary N) is 1. The van der Waals surface area contributed by atoms with Crippen LogP contribution in [0.25, 0.3) is 22.5 Å². The van der Waals surface area contributed by atoms with E-state index in [1.54, 1.807) is 7.05 Å². The first-order chi connectivity index (χ1) is 16.4. The van der Waals surface area contributed by atoms with Gasteiger partial charge >= 0.3 is 0 Å². The van der Waals surface area contributed by atoms with E-state index in [9.17, 15) is 0 Å². The lowest BCUT2D eigenvalue weighted by Crippen LogP contribution is -2.47. The Morgan fingerprint density at radius 3 is 2.65 bits per heavy atom. The predicted molar refractivity (Wildman–Crippen MR) is 146 cm³/mol. The van der Waals surface area contributed by atoms with Gasteiger partial charge in [-0.05, 0) is 37.0 Å². The number of rotatable bonds is 9. The maximum atomic E-state index is 6.72. The summed E-state index contributed by atoms with van der Waals surface area (Å²) in [5, 5.41) is 3.57. The minimum Gasteiger partial charge on any atom is -0.383 e. The summed E-state index contributed by atoms with van der Waals surface area (Å²) in [7, 11) is 5.77. The van der Waals surface area contributed by atoms with Gasteiger partial charge < -0.3 is 16.0 Å². The first-order valence-electron chi connectivity index (χ1n) is 12.0. The molecule has 3 N–H and O–H groups in total. The monoisotopic (exact) mass is 458 g/mol. The maximum absolute atomic E-state index is 6.72. The zero-order valence-corrected chi connectivity index (χ0v) is 21.0. The summed E-state index contributed by atoms with van der Waals surface area (Å²) in [5.41, 5.74) is 11.5. The Morgan fingerprint density at radius 2 is 2.00 bits per heavy atom. The van der Waals surface area contributed by atoms with Gasteiger partial charge in [0.15, 0.2) is 5.82 Å². The topological polar surface area (TPSA) is 79.4 Å². The van der Waals surface area contributed by atoms with E-state index in [0.29, 0.717) is 12.4 Å². The number of anilines is 1. The predicted octanol–water partition coefficient (Wildman–Crippen LogP) is 5.41. The molecule has 1 fully saturated rings. The van der Waals surface area contributed by atoms with E-state index in [4.69, 9.17) is 15.7 Å². The second kappa shape index (κ2) is 11.7. The summed E-state index contributed by atoms with van der Waals surface area (Å²) in [6.07, 6.45) is 15.4. The van der Waals surface area contributed by atoms with Crippen LogP contribution in [0.2, 0.25) is 0 Å². The van der Waals surface area contributed by atoms with Gasteiger partial charge in [0.1, 0.15) is 5.82 Å². The zero-order chi connectivity index (χ0) is 24.6. The van der Waals surface area contributed by atoms with Crippen molar-refractivity contribution in [3.8, 4) is 11.4 Å². The Bertz CT molecular complexity index is 1070. The lowest BCUT2D eigenvalue weighted by atomic mass is 9.82. The highest BCUT2D eigenvalue weighted by Crippen LogP contribution is 2.29. The largest absolute Gasteiger partial charge is 0.383 e. The molecule has 6 heteroatoms. The zero-order valence-electron chi connectivity index (χ0n) is 21.0. The molecule has 1 heterocycles. The number of aromatic nitrogens is 2. The van der Waals surface area contributed by atoms with E-state index in [0.717, 1.165) is 46.5 Å². The third-order valence-electron chi connectivity index (χ3n) is 6.21. The van der Waals surface area contributed by atoms with Crippen molar-refractivity contribution in [2.75, 3.05) is 33.0 Å². The van der Waals surface area contributed by atoms with Crippen molar-refractivity contribution in [3.05, 3.63) is 66.5 Å². The number of benzene rings is 1. The van der Waals surface area contributed by atoms with Crippen LogP contribution in [-0.4, -0.2) is 54.3 Å². The molecule has 0 saturated heterocycles. The minimum atomic E-state index is -0.203. The van der Waals surface area contributed by atoms with Crippen LogP contribution >= 0.6 is 0 Å². The van der Waals surface area contributed by atoms with Crippen LogP contribution in [-0.2, 0) is 0 Å². The van der Waals surface area contributed by atoms with Crippen molar-refractivity contribution in [1.29, 1.82) is 0 Å². The highest BCUT2D eigenvalue weighted by molar-refractivity contribution is 6.11. The van der Waals surface area contributed by atoms with Crippen LogP contribution in [0.5, 0.6) is 0 Å². The molecule has 34 heavy (non-hydrogen) atoms. The first kappa shape index (κ1) is 25.4. The molecule has 3 rings (SSSR count). The van der Waals surface area contributed by atoms with Gasteiger partial charge in [-0.25, -0.2) is 9.97 Å². The molecule has 6 nitrogen and oxygen atoms in total. The standard InChI is InChI=1S/C28H38N6/c1-6-21(17-30-3)25-18-31-26(33-27(25)32-20-28(29)14-9-8-10-15-28)24-13-11-12-23(16-24)22(7-2)19-34(4)5/h6-7,11-13,16-19H,2,8-10,14-15,20,29H2,1,3-5H3,(H,31,32,33)/b21-6+,22-19+,30-17-. The Hall–Kier alpha value is -3.25. The van der Waals surface area contributed by atoms with Crippen LogP contribution in [0.15, 0.2) is 60.4 Å². The number of aliphatic imine (C=N–C) groups is 1. The molecule has 2 aromatic rings. The number of allylic oxidation sites excluding steroid dienone is 4. The molecular weight excluding hydrogens is 420 g/mol. The molecule has 0 spiro atoms. The Balaban J connectivity index is 2.00. The molecule has 0 unspecified atom stereocenters. The third kappa shape index (κ3) is 6.41. The molecule has 1 saturated carbocycles. The van der Waals surface area contributed by atoms with Gasteiger partial charge in [-0.1, -0.05) is 56.2 Å². The van der Waals surface area contributed by atoms with Gasteiger partial charge in [-0.15, -0.1) is 0 Å². The van der Waals surface area contributed by atoms with E-state index in [-0.39, 0.29) is 5.54 Å². The van der Waals surface area contributed by atoms with Crippen LogP contribution in [0.4, 0.5) is 5.82 Å². The van der Waals surface area contributed by atoms with Gasteiger partial charge in [-0.2, -0.15) is 0 Å². The van der Waals surface area contributed by atoms with Gasteiger partial charge in [0, 0.05) is 68.5 Å². The molecule has 1 aromatic heterocycles. The summed E-state index contributed by atoms with van der Waals surface area (Å²) in [5.74, 6) is 1.45. The SMILES string of the molecule is C=C/C(=C\N(C)C)c1cccc(-c2ncc(C(/C=N\C)=C/C)c(NCC3(N)CCCCC3)n2)c1. The van der Waals surface area contributed by atoms with Gasteiger partial charge in [-0.3, -0.25) is 4.99 Å². The Morgan fingerprint density at radius 1 is 1.24 bits per heavy atom. The fourth-order valence-electron chi connectivity index (χ4n) is 4.36. The maximum Gasteiger partial charge on any atom is 0.161 e. The number of nitrogens with zero attached hydrogens (tertiary/aromatic N) is 4. The molecule has 0 radical (unpaired) electrons. The van der Waals surface area contributed by atoms with Crippen molar-refractivity contribution in [2.45, 2.75) is 44.6 Å². The second-order valence-electron chi connectivity index (χ2n) is 9.20. The van der Waals surface area contributed by atoms with E-state index in [1.165, 1.54) is 19.3 Å². The van der Waals surface area contributed by atoms with Crippen molar-refractivity contribution in [3.63, 3.8) is 0 Å². The van der Waals surface area contributed by atoms with E-state index in [2.05, 4.69) is 35.2 Å². The summed E-state index contributed by atoms with van der Waals surface area (Å²) in [6.45, 7) is 6.65. The number of nitrogens with one attached hydrogen (secondary N) is 1. The van der Waals surface area contributed by atoms with E-state index < -0.39 is 0 Å². The van der Waals surface area contributed by atoms with Crippen LogP contribution < -0.4 is 11.1 Å². The van der Waals surface area contributed by atoms with Gasteiger partial charge in [0.25, 0.3) is 0 Å². The fraction of sp³-hybridized carbons (Fsp3) is 0.393. The van der Waals surface area contributed by atoms with Crippen LogP contribution in [0, 0.1) is 0 Å². The lowest BCUT2D eigenvalue weighted by Gasteiger charge is -2.34. The molecule has 1 aliphatic rings. The first-order valence-corrected chi connectivity index (χ1v) is 12.0. The molecule has 0 amide bonds. The number of hydrogen-bond acceptors (Lipinski definition) is 6. The smallest absolute Gasteiger partial charge is 0.161 e. The molecule has 0 bridgehead atoms. The average Bonchev–Trinajstić information content (AvgIpc) is 2.85. The quantitative estimate of drug-likeness (QED) is 0.388. The summed E-state index contributed by atoms with van der Waals surface area (Å²) in [4.78, 5) is 15.9. The van der Waals surface area contributed by atoms with Gasteiger partial charge in [0.2, 0.25) is 0 Å². The van der Waals surface area contributed by atoms with Crippen LogP contribution in [0.3, 0.4) is 0 Å². The van der Waals surface area contributed by atoms with Crippen molar-refractivity contribution < 1.29 is 0 Å². The van der Waals surface area contributed by atoms with Crippen molar-refractivity contribution in [1.82, 2.24) is 14.9 Å². The summed E-state index contributed by atoms with van der Waals surface area (Å²) < 4.78 is 0. The Labute approximate surface area is 204 Å². The highest BCUT2D eigenvalue weighted by atomic mass is 15.1. The lowest BCUT2D eigenvalue weighted by molar-refractivity contribution is 0.311. The molecule has 1 aromatic carbocycles. The number of hydrogen-bond donors (Lipinski definition) is 2. The summed E-state index contributed by atoms with van der Waals surface area (Å²) >= 11 is 0. The van der Waals surface area contributed by atoms with E-state index in [1.807, 2.05) is 62.6 Å². The summed E-state index contributed by atoms with van der Waals surface area (Å²) in [6, 6.07) is 8.24. The third-order valence-corrected chi connectivity index (χ3v) is 6.21. The molecule has 0 aliphatic heterocycles. The minimum absolute atomic E-state index is 0.203. The fourth-order valence-corrected chi connectivity index (χ4v) is 4.36. The Kier molecular flexibility index (Phi) is 8.77. The molecular formula is C28H38N6. The average molecular weight is 459 g/mol. The van der Waals surface area contributed by atoms with Gasteiger partial charge in [0.05, 0.1) is 0 Å². The molecule has 0 atom stereocenters. The molecule has 1 aliphatic carbocycles.